The summed E-state index contributed by atoms with van der Waals surface area (Å²) in [5.41, 5.74) is 3.98. The Balaban J connectivity index is 1.65. The van der Waals surface area contributed by atoms with E-state index in [2.05, 4.69) is 10.1 Å². The molecule has 0 N–H and O–H groups in total. The van der Waals surface area contributed by atoms with E-state index >= 15 is 0 Å². The SMILES string of the molecule is Cc1c(C(=O)N2CCCC3(CCc4cnc(N(C)C)nc43)C2)cnn1C. The van der Waals surface area contributed by atoms with Crippen LogP contribution in [0, 0.1) is 6.92 Å². The number of hydrogen-bond donors (Lipinski definition) is 0. The molecular formula is C19H26N6O. The molecule has 7 nitrogen and oxygen atoms in total. The molecule has 3 heterocycles. The summed E-state index contributed by atoms with van der Waals surface area (Å²) in [5.74, 6) is 0.835. The Morgan fingerprint density at radius 2 is 2.08 bits per heavy atom. The highest BCUT2D eigenvalue weighted by Gasteiger charge is 2.45. The first-order chi connectivity index (χ1) is 12.4. The Morgan fingerprint density at radius 1 is 1.27 bits per heavy atom. The average Bonchev–Trinajstić information content (AvgIpc) is 3.15. The smallest absolute Gasteiger partial charge is 0.257 e. The summed E-state index contributed by atoms with van der Waals surface area (Å²) in [6, 6.07) is 0. The van der Waals surface area contributed by atoms with Gasteiger partial charge in [-0.3, -0.25) is 9.48 Å². The van der Waals surface area contributed by atoms with Crippen molar-refractivity contribution in [1.29, 1.82) is 0 Å². The van der Waals surface area contributed by atoms with E-state index in [0.29, 0.717) is 5.56 Å². The molecule has 1 aliphatic heterocycles. The molecule has 2 aromatic heterocycles. The molecule has 26 heavy (non-hydrogen) atoms. The minimum absolute atomic E-state index is 0.0347. The molecule has 2 aliphatic rings. The van der Waals surface area contributed by atoms with Crippen LogP contribution in [0.5, 0.6) is 0 Å². The number of aromatic nitrogens is 4. The predicted molar refractivity (Wildman–Crippen MR) is 99.4 cm³/mol. The van der Waals surface area contributed by atoms with Crippen LogP contribution in [0.2, 0.25) is 0 Å². The van der Waals surface area contributed by atoms with Crippen molar-refractivity contribution < 1.29 is 4.79 Å². The minimum atomic E-state index is -0.0347. The van der Waals surface area contributed by atoms with Gasteiger partial charge in [-0.05, 0) is 38.2 Å². The van der Waals surface area contributed by atoms with Crippen LogP contribution in [-0.4, -0.2) is 57.7 Å². The summed E-state index contributed by atoms with van der Waals surface area (Å²) < 4.78 is 1.76. The average molecular weight is 354 g/mol. The van der Waals surface area contributed by atoms with E-state index < -0.39 is 0 Å². The summed E-state index contributed by atoms with van der Waals surface area (Å²) in [4.78, 5) is 26.4. The zero-order valence-electron chi connectivity index (χ0n) is 16.0. The molecule has 1 atom stereocenters. The molecule has 138 valence electrons. The topological polar surface area (TPSA) is 67.2 Å². The van der Waals surface area contributed by atoms with Crippen LogP contribution < -0.4 is 4.90 Å². The van der Waals surface area contributed by atoms with Gasteiger partial charge >= 0.3 is 0 Å². The normalized spacial score (nSPS) is 21.9. The van der Waals surface area contributed by atoms with Gasteiger partial charge in [0.05, 0.1) is 17.5 Å². The standard InChI is InChI=1S/C19H26N6O/c1-13-15(11-21-24(13)4)17(26)25-9-5-7-19(12-25)8-6-14-10-20-18(23(2)3)22-16(14)19/h10-11H,5-9,12H2,1-4H3. The molecule has 4 rings (SSSR count). The number of anilines is 1. The molecule has 0 saturated carbocycles. The van der Waals surface area contributed by atoms with Crippen LogP contribution in [0.4, 0.5) is 5.95 Å². The molecule has 1 amide bonds. The van der Waals surface area contributed by atoms with Crippen LogP contribution >= 0.6 is 0 Å². The van der Waals surface area contributed by atoms with Crippen LogP contribution in [-0.2, 0) is 18.9 Å². The van der Waals surface area contributed by atoms with Gasteiger partial charge in [-0.2, -0.15) is 5.10 Å². The van der Waals surface area contributed by atoms with Crippen LogP contribution in [0.15, 0.2) is 12.4 Å². The van der Waals surface area contributed by atoms with E-state index in [0.717, 1.165) is 56.1 Å². The van der Waals surface area contributed by atoms with Crippen molar-refractivity contribution in [1.82, 2.24) is 24.6 Å². The highest BCUT2D eigenvalue weighted by molar-refractivity contribution is 5.95. The van der Waals surface area contributed by atoms with Gasteiger partial charge in [0.1, 0.15) is 0 Å². The summed E-state index contributed by atoms with van der Waals surface area (Å²) in [5, 5.41) is 4.23. The van der Waals surface area contributed by atoms with Gasteiger partial charge in [0.2, 0.25) is 5.95 Å². The molecule has 1 saturated heterocycles. The molecule has 1 spiro atoms. The number of piperidine rings is 1. The summed E-state index contributed by atoms with van der Waals surface area (Å²) in [6.45, 7) is 3.48. The molecule has 2 aromatic rings. The van der Waals surface area contributed by atoms with Crippen LogP contribution in [0.3, 0.4) is 0 Å². The fourth-order valence-corrected chi connectivity index (χ4v) is 4.33. The number of fused-ring (bicyclic) bond motifs is 2. The number of aryl methyl sites for hydroxylation is 2. The van der Waals surface area contributed by atoms with E-state index in [-0.39, 0.29) is 11.3 Å². The molecule has 1 aliphatic carbocycles. The van der Waals surface area contributed by atoms with Gasteiger partial charge in [0.25, 0.3) is 5.91 Å². The fraction of sp³-hybridized carbons (Fsp3) is 0.579. The minimum Gasteiger partial charge on any atom is -0.347 e. The zero-order chi connectivity index (χ0) is 18.5. The van der Waals surface area contributed by atoms with Gasteiger partial charge in [0.15, 0.2) is 0 Å². The lowest BCUT2D eigenvalue weighted by atomic mass is 9.77. The van der Waals surface area contributed by atoms with Crippen LogP contribution in [0.1, 0.15) is 46.6 Å². The van der Waals surface area contributed by atoms with Gasteiger partial charge in [-0.15, -0.1) is 0 Å². The van der Waals surface area contributed by atoms with Gasteiger partial charge in [0, 0.05) is 51.5 Å². The number of amides is 1. The number of likely N-dealkylation sites (tertiary alicyclic amines) is 1. The summed E-state index contributed by atoms with van der Waals surface area (Å²) >= 11 is 0. The largest absolute Gasteiger partial charge is 0.347 e. The predicted octanol–water partition coefficient (Wildman–Crippen LogP) is 1.70. The first kappa shape index (κ1) is 17.0. The van der Waals surface area contributed by atoms with Crippen LogP contribution in [0.25, 0.3) is 0 Å². The quantitative estimate of drug-likeness (QED) is 0.821. The van der Waals surface area contributed by atoms with Crippen molar-refractivity contribution in [2.24, 2.45) is 7.05 Å². The van der Waals surface area contributed by atoms with Crippen molar-refractivity contribution in [3.8, 4) is 0 Å². The molecule has 0 radical (unpaired) electrons. The second-order valence-corrected chi connectivity index (χ2v) is 7.82. The summed E-state index contributed by atoms with van der Waals surface area (Å²) in [7, 11) is 5.80. The van der Waals surface area contributed by atoms with E-state index in [1.165, 1.54) is 5.56 Å². The maximum Gasteiger partial charge on any atom is 0.257 e. The molecule has 0 bridgehead atoms. The highest BCUT2D eigenvalue weighted by Crippen LogP contribution is 2.44. The maximum atomic E-state index is 13.1. The number of rotatable bonds is 2. The fourth-order valence-electron chi connectivity index (χ4n) is 4.33. The number of nitrogens with zero attached hydrogens (tertiary/aromatic N) is 6. The van der Waals surface area contributed by atoms with E-state index in [1.807, 2.05) is 44.1 Å². The van der Waals surface area contributed by atoms with E-state index in [4.69, 9.17) is 4.98 Å². The second kappa shape index (κ2) is 6.07. The third-order valence-corrected chi connectivity index (χ3v) is 5.96. The second-order valence-electron chi connectivity index (χ2n) is 7.82. The molecule has 1 unspecified atom stereocenters. The van der Waals surface area contributed by atoms with Gasteiger partial charge < -0.3 is 9.80 Å². The Kier molecular flexibility index (Phi) is 3.97. The lowest BCUT2D eigenvalue weighted by Crippen LogP contribution is -2.48. The Morgan fingerprint density at radius 3 is 2.77 bits per heavy atom. The monoisotopic (exact) mass is 354 g/mol. The Hall–Kier alpha value is -2.44. The maximum absolute atomic E-state index is 13.1. The molecule has 0 aromatic carbocycles. The van der Waals surface area contributed by atoms with E-state index in [1.54, 1.807) is 10.9 Å². The number of hydrogen-bond acceptors (Lipinski definition) is 5. The van der Waals surface area contributed by atoms with Crippen molar-refractivity contribution >= 4 is 11.9 Å². The molecule has 1 fully saturated rings. The first-order valence-corrected chi connectivity index (χ1v) is 9.23. The number of carbonyl (C=O) groups excluding carboxylic acids is 1. The number of carbonyl (C=O) groups is 1. The highest BCUT2D eigenvalue weighted by atomic mass is 16.2. The van der Waals surface area contributed by atoms with E-state index in [9.17, 15) is 4.79 Å². The van der Waals surface area contributed by atoms with Crippen molar-refractivity contribution in [2.75, 3.05) is 32.1 Å². The third-order valence-electron chi connectivity index (χ3n) is 5.96. The van der Waals surface area contributed by atoms with Gasteiger partial charge in [-0.1, -0.05) is 0 Å². The van der Waals surface area contributed by atoms with Gasteiger partial charge in [-0.25, -0.2) is 9.97 Å². The van der Waals surface area contributed by atoms with Crippen molar-refractivity contribution in [2.45, 2.75) is 38.0 Å². The molecule has 7 heteroatoms. The first-order valence-electron chi connectivity index (χ1n) is 9.23. The molecular weight excluding hydrogens is 328 g/mol. The third kappa shape index (κ3) is 2.57. The zero-order valence-corrected chi connectivity index (χ0v) is 16.0. The lowest BCUT2D eigenvalue weighted by Gasteiger charge is -2.40. The lowest BCUT2D eigenvalue weighted by molar-refractivity contribution is 0.0632. The Bertz CT molecular complexity index is 854. The Labute approximate surface area is 154 Å². The van der Waals surface area contributed by atoms with Crippen molar-refractivity contribution in [3.05, 3.63) is 34.9 Å². The van der Waals surface area contributed by atoms with Crippen molar-refractivity contribution in [3.63, 3.8) is 0 Å². The summed E-state index contributed by atoms with van der Waals surface area (Å²) in [6.07, 6.45) is 7.79.